The summed E-state index contributed by atoms with van der Waals surface area (Å²) in [6.07, 6.45) is 3.67. The fourth-order valence-corrected chi connectivity index (χ4v) is 4.55. The Morgan fingerprint density at radius 3 is 2.47 bits per heavy atom. The minimum absolute atomic E-state index is 0.0714. The molecule has 0 saturated heterocycles. The Kier molecular flexibility index (Phi) is 4.66. The first-order valence-corrected chi connectivity index (χ1v) is 11.1. The monoisotopic (exact) mass is 446 g/mol. The van der Waals surface area contributed by atoms with Crippen LogP contribution in [-0.4, -0.2) is 26.2 Å². The standard InChI is InChI=1S/C28H22N4O2/c1-31-26-16-30-25-12-9-19(21-13-20-5-3-4-6-24(20)29-15-21)14-23(25)27(26)32(28(31)33)17-18-7-10-22(34-2)11-8-18/h3-16H,17H2,1-2H3. The highest BCUT2D eigenvalue weighted by molar-refractivity contribution is 6.04. The van der Waals surface area contributed by atoms with Gasteiger partial charge < -0.3 is 4.74 Å². The Labute approximate surface area is 195 Å². The SMILES string of the molecule is COc1ccc(Cn2c(=O)n(C)c3cnc4ccc(-c5cnc6ccccc6c5)cc4c32)cc1. The summed E-state index contributed by atoms with van der Waals surface area (Å²) in [6.45, 7) is 0.459. The molecule has 3 aromatic carbocycles. The first-order valence-electron chi connectivity index (χ1n) is 11.1. The van der Waals surface area contributed by atoms with Crippen LogP contribution in [0.5, 0.6) is 5.75 Å². The number of benzene rings is 3. The zero-order valence-corrected chi connectivity index (χ0v) is 18.9. The molecule has 6 nitrogen and oxygen atoms in total. The number of methoxy groups -OCH3 is 1. The van der Waals surface area contributed by atoms with Crippen LogP contribution in [0.2, 0.25) is 0 Å². The minimum Gasteiger partial charge on any atom is -0.497 e. The van der Waals surface area contributed by atoms with Gasteiger partial charge in [0.1, 0.15) is 5.75 Å². The van der Waals surface area contributed by atoms with E-state index in [-0.39, 0.29) is 5.69 Å². The van der Waals surface area contributed by atoms with Gasteiger partial charge in [0, 0.05) is 29.6 Å². The molecule has 0 aliphatic rings. The Balaban J connectivity index is 1.55. The average Bonchev–Trinajstić information content (AvgIpc) is 3.13. The predicted molar refractivity (Wildman–Crippen MR) is 135 cm³/mol. The summed E-state index contributed by atoms with van der Waals surface area (Å²) < 4.78 is 8.76. The summed E-state index contributed by atoms with van der Waals surface area (Å²) in [5.74, 6) is 0.789. The fraction of sp³-hybridized carbons (Fsp3) is 0.107. The molecule has 0 aliphatic heterocycles. The first kappa shape index (κ1) is 20.2. The van der Waals surface area contributed by atoms with E-state index in [2.05, 4.69) is 34.2 Å². The van der Waals surface area contributed by atoms with Crippen molar-refractivity contribution in [2.45, 2.75) is 6.54 Å². The van der Waals surface area contributed by atoms with Crippen LogP contribution in [0.4, 0.5) is 0 Å². The van der Waals surface area contributed by atoms with Gasteiger partial charge >= 0.3 is 5.69 Å². The van der Waals surface area contributed by atoms with E-state index in [1.807, 2.05) is 59.3 Å². The smallest absolute Gasteiger partial charge is 0.329 e. The number of rotatable bonds is 4. The summed E-state index contributed by atoms with van der Waals surface area (Å²) in [5.41, 5.74) is 6.51. The van der Waals surface area contributed by atoms with Gasteiger partial charge in [-0.3, -0.25) is 19.1 Å². The highest BCUT2D eigenvalue weighted by Crippen LogP contribution is 2.30. The molecule has 0 bridgehead atoms. The number of nitrogens with zero attached hydrogens (tertiary/aromatic N) is 4. The lowest BCUT2D eigenvalue weighted by Gasteiger charge is -2.09. The molecule has 3 heterocycles. The third-order valence-electron chi connectivity index (χ3n) is 6.39. The van der Waals surface area contributed by atoms with E-state index in [0.29, 0.717) is 6.54 Å². The molecule has 6 aromatic rings. The van der Waals surface area contributed by atoms with Crippen LogP contribution < -0.4 is 10.4 Å². The second-order valence-electron chi connectivity index (χ2n) is 8.42. The molecule has 0 fully saturated rings. The molecule has 0 spiro atoms. The lowest BCUT2D eigenvalue weighted by Crippen LogP contribution is -2.22. The topological polar surface area (TPSA) is 61.9 Å². The van der Waals surface area contributed by atoms with Gasteiger partial charge in [-0.05, 0) is 47.5 Å². The van der Waals surface area contributed by atoms with E-state index in [9.17, 15) is 4.79 Å². The molecular formula is C28H22N4O2. The summed E-state index contributed by atoms with van der Waals surface area (Å²) >= 11 is 0. The Hall–Kier alpha value is -4.45. The van der Waals surface area contributed by atoms with E-state index in [4.69, 9.17) is 4.74 Å². The van der Waals surface area contributed by atoms with Gasteiger partial charge in [-0.2, -0.15) is 0 Å². The van der Waals surface area contributed by atoms with E-state index in [1.165, 1.54) is 0 Å². The summed E-state index contributed by atoms with van der Waals surface area (Å²) in [6, 6.07) is 24.2. The van der Waals surface area contributed by atoms with Crippen LogP contribution in [-0.2, 0) is 13.6 Å². The molecule has 0 unspecified atom stereocenters. The van der Waals surface area contributed by atoms with E-state index in [1.54, 1.807) is 24.9 Å². The lowest BCUT2D eigenvalue weighted by atomic mass is 10.0. The van der Waals surface area contributed by atoms with Crippen LogP contribution in [0.15, 0.2) is 90.0 Å². The van der Waals surface area contributed by atoms with Crippen LogP contribution in [0.1, 0.15) is 5.56 Å². The quantitative estimate of drug-likeness (QED) is 0.375. The maximum absolute atomic E-state index is 13.2. The molecule has 0 atom stereocenters. The number of imidazole rings is 1. The van der Waals surface area contributed by atoms with Crippen molar-refractivity contribution < 1.29 is 4.74 Å². The van der Waals surface area contributed by atoms with Gasteiger partial charge in [-0.1, -0.05) is 36.4 Å². The number of hydrogen-bond donors (Lipinski definition) is 0. The number of aryl methyl sites for hydroxylation is 1. The summed E-state index contributed by atoms with van der Waals surface area (Å²) in [7, 11) is 3.44. The van der Waals surface area contributed by atoms with Gasteiger partial charge in [-0.15, -0.1) is 0 Å². The number of para-hydroxylation sites is 1. The summed E-state index contributed by atoms with van der Waals surface area (Å²) in [5, 5.41) is 2.03. The maximum Gasteiger partial charge on any atom is 0.329 e. The average molecular weight is 447 g/mol. The van der Waals surface area contributed by atoms with Crippen molar-refractivity contribution in [1.82, 2.24) is 19.1 Å². The van der Waals surface area contributed by atoms with Crippen LogP contribution in [0, 0.1) is 0 Å². The lowest BCUT2D eigenvalue weighted by molar-refractivity contribution is 0.414. The molecule has 0 saturated carbocycles. The van der Waals surface area contributed by atoms with Gasteiger partial charge in [-0.25, -0.2) is 4.79 Å². The van der Waals surface area contributed by atoms with E-state index >= 15 is 0 Å². The molecule has 0 amide bonds. The zero-order valence-electron chi connectivity index (χ0n) is 18.9. The van der Waals surface area contributed by atoms with Gasteiger partial charge in [0.05, 0.1) is 41.9 Å². The first-order chi connectivity index (χ1) is 16.6. The summed E-state index contributed by atoms with van der Waals surface area (Å²) in [4.78, 5) is 22.5. The van der Waals surface area contributed by atoms with E-state index in [0.717, 1.165) is 55.3 Å². The number of pyridine rings is 2. The number of fused-ring (bicyclic) bond motifs is 4. The number of aromatic nitrogens is 4. The van der Waals surface area contributed by atoms with Crippen molar-refractivity contribution >= 4 is 32.8 Å². The maximum atomic E-state index is 13.2. The van der Waals surface area contributed by atoms with Crippen molar-refractivity contribution in [3.63, 3.8) is 0 Å². The van der Waals surface area contributed by atoms with Crippen molar-refractivity contribution in [3.8, 4) is 16.9 Å². The third kappa shape index (κ3) is 3.23. The Morgan fingerprint density at radius 2 is 1.65 bits per heavy atom. The number of hydrogen-bond acceptors (Lipinski definition) is 4. The van der Waals surface area contributed by atoms with Crippen LogP contribution in [0.3, 0.4) is 0 Å². The van der Waals surface area contributed by atoms with Gasteiger partial charge in [0.25, 0.3) is 0 Å². The van der Waals surface area contributed by atoms with Crippen LogP contribution in [0.25, 0.3) is 44.0 Å². The Morgan fingerprint density at radius 1 is 0.853 bits per heavy atom. The predicted octanol–water partition coefficient (Wildman–Crippen LogP) is 5.16. The second-order valence-corrected chi connectivity index (χ2v) is 8.42. The largest absolute Gasteiger partial charge is 0.497 e. The molecule has 0 radical (unpaired) electrons. The molecule has 3 aromatic heterocycles. The molecule has 0 N–H and O–H groups in total. The van der Waals surface area contributed by atoms with Gasteiger partial charge in [0.2, 0.25) is 0 Å². The normalized spacial score (nSPS) is 11.5. The van der Waals surface area contributed by atoms with Crippen molar-refractivity contribution in [2.75, 3.05) is 7.11 Å². The molecule has 166 valence electrons. The second kappa shape index (κ2) is 7.85. The van der Waals surface area contributed by atoms with Crippen molar-refractivity contribution in [1.29, 1.82) is 0 Å². The molecule has 6 rings (SSSR count). The van der Waals surface area contributed by atoms with Crippen LogP contribution >= 0.6 is 0 Å². The fourth-order valence-electron chi connectivity index (χ4n) is 4.55. The molecular weight excluding hydrogens is 424 g/mol. The van der Waals surface area contributed by atoms with Crippen molar-refractivity contribution in [3.05, 3.63) is 101 Å². The highest BCUT2D eigenvalue weighted by atomic mass is 16.5. The highest BCUT2D eigenvalue weighted by Gasteiger charge is 2.16. The molecule has 0 aliphatic carbocycles. The van der Waals surface area contributed by atoms with Crippen molar-refractivity contribution in [2.24, 2.45) is 7.05 Å². The third-order valence-corrected chi connectivity index (χ3v) is 6.39. The number of ether oxygens (including phenoxy) is 1. The van der Waals surface area contributed by atoms with Gasteiger partial charge in [0.15, 0.2) is 0 Å². The molecule has 6 heteroatoms. The zero-order chi connectivity index (χ0) is 23.2. The minimum atomic E-state index is -0.0714. The Bertz CT molecular complexity index is 1750. The van der Waals surface area contributed by atoms with E-state index < -0.39 is 0 Å². The molecule has 34 heavy (non-hydrogen) atoms.